The summed E-state index contributed by atoms with van der Waals surface area (Å²) in [4.78, 5) is 7.42. The standard InChI is InChI=1S/C13H15N5/c1-2-3-11-8-12(17-16-11)18-7-6-15-13(18)10-4-5-14-9-10/h4-9,14H,2-3H2,1H3,(H,16,17). The van der Waals surface area contributed by atoms with E-state index in [9.17, 15) is 0 Å². The molecule has 2 N–H and O–H groups in total. The maximum atomic E-state index is 4.38. The van der Waals surface area contributed by atoms with Crippen molar-refractivity contribution in [3.8, 4) is 17.2 Å². The molecule has 0 atom stereocenters. The van der Waals surface area contributed by atoms with Crippen LogP contribution in [0.1, 0.15) is 19.0 Å². The summed E-state index contributed by atoms with van der Waals surface area (Å²) in [7, 11) is 0. The number of H-pyrrole nitrogens is 2. The fourth-order valence-corrected chi connectivity index (χ4v) is 2.04. The van der Waals surface area contributed by atoms with Gasteiger partial charge >= 0.3 is 0 Å². The minimum atomic E-state index is 0.882. The summed E-state index contributed by atoms with van der Waals surface area (Å²) >= 11 is 0. The van der Waals surface area contributed by atoms with E-state index in [0.717, 1.165) is 35.7 Å². The van der Waals surface area contributed by atoms with Crippen LogP contribution in [-0.2, 0) is 6.42 Å². The van der Waals surface area contributed by atoms with Crippen LogP contribution in [0.3, 0.4) is 0 Å². The van der Waals surface area contributed by atoms with Crippen LogP contribution in [-0.4, -0.2) is 24.7 Å². The molecule has 0 radical (unpaired) electrons. The zero-order chi connectivity index (χ0) is 12.4. The van der Waals surface area contributed by atoms with Gasteiger partial charge in [0.25, 0.3) is 0 Å². The minimum absolute atomic E-state index is 0.882. The van der Waals surface area contributed by atoms with Gasteiger partial charge in [-0.2, -0.15) is 5.10 Å². The molecule has 0 spiro atoms. The first kappa shape index (κ1) is 10.8. The van der Waals surface area contributed by atoms with Crippen LogP contribution in [0.15, 0.2) is 36.9 Å². The lowest BCUT2D eigenvalue weighted by Gasteiger charge is -2.01. The number of imidazole rings is 1. The molecular weight excluding hydrogens is 226 g/mol. The van der Waals surface area contributed by atoms with Gasteiger partial charge in [-0.25, -0.2) is 4.98 Å². The first-order valence-electron chi connectivity index (χ1n) is 6.09. The minimum Gasteiger partial charge on any atom is -0.367 e. The van der Waals surface area contributed by atoms with E-state index in [0.29, 0.717) is 0 Å². The van der Waals surface area contributed by atoms with Gasteiger partial charge in [0, 0.05) is 42.1 Å². The lowest BCUT2D eigenvalue weighted by atomic mass is 10.2. The lowest BCUT2D eigenvalue weighted by Crippen LogP contribution is -1.95. The highest BCUT2D eigenvalue weighted by atomic mass is 15.2. The molecule has 0 fully saturated rings. The molecule has 5 heteroatoms. The van der Waals surface area contributed by atoms with Crippen molar-refractivity contribution in [2.45, 2.75) is 19.8 Å². The second kappa shape index (κ2) is 4.52. The highest BCUT2D eigenvalue weighted by Gasteiger charge is 2.10. The Morgan fingerprint density at radius 3 is 3.11 bits per heavy atom. The number of hydrogen-bond donors (Lipinski definition) is 2. The van der Waals surface area contributed by atoms with Crippen molar-refractivity contribution >= 4 is 0 Å². The molecule has 3 rings (SSSR count). The highest BCUT2D eigenvalue weighted by Crippen LogP contribution is 2.20. The highest BCUT2D eigenvalue weighted by molar-refractivity contribution is 5.56. The number of aromatic nitrogens is 5. The quantitative estimate of drug-likeness (QED) is 0.737. The number of aryl methyl sites for hydroxylation is 1. The number of rotatable bonds is 4. The third-order valence-electron chi connectivity index (χ3n) is 2.88. The first-order valence-corrected chi connectivity index (χ1v) is 6.09. The second-order valence-electron chi connectivity index (χ2n) is 4.22. The average molecular weight is 241 g/mol. The van der Waals surface area contributed by atoms with E-state index in [1.54, 1.807) is 6.20 Å². The number of nitrogens with one attached hydrogen (secondary N) is 2. The van der Waals surface area contributed by atoms with Gasteiger partial charge in [-0.1, -0.05) is 13.3 Å². The van der Waals surface area contributed by atoms with E-state index >= 15 is 0 Å². The average Bonchev–Trinajstić information content (AvgIpc) is 3.10. The number of nitrogens with zero attached hydrogens (tertiary/aromatic N) is 3. The van der Waals surface area contributed by atoms with Crippen molar-refractivity contribution in [3.63, 3.8) is 0 Å². The summed E-state index contributed by atoms with van der Waals surface area (Å²) in [5.74, 6) is 1.78. The monoisotopic (exact) mass is 241 g/mol. The van der Waals surface area contributed by atoms with Gasteiger partial charge in [-0.15, -0.1) is 0 Å². The van der Waals surface area contributed by atoms with Crippen LogP contribution in [0.5, 0.6) is 0 Å². The fourth-order valence-electron chi connectivity index (χ4n) is 2.04. The van der Waals surface area contributed by atoms with Crippen LogP contribution < -0.4 is 0 Å². The summed E-state index contributed by atoms with van der Waals surface area (Å²) in [5, 5.41) is 7.40. The largest absolute Gasteiger partial charge is 0.367 e. The summed E-state index contributed by atoms with van der Waals surface area (Å²) < 4.78 is 1.98. The van der Waals surface area contributed by atoms with E-state index in [4.69, 9.17) is 0 Å². The summed E-state index contributed by atoms with van der Waals surface area (Å²) in [5.41, 5.74) is 2.21. The fraction of sp³-hybridized carbons (Fsp3) is 0.231. The molecule has 0 aliphatic rings. The van der Waals surface area contributed by atoms with Gasteiger partial charge in [0.05, 0.1) is 0 Å². The summed E-state index contributed by atoms with van der Waals surface area (Å²) in [6.45, 7) is 2.16. The van der Waals surface area contributed by atoms with Gasteiger partial charge in [0.1, 0.15) is 5.82 Å². The molecule has 3 heterocycles. The van der Waals surface area contributed by atoms with Crippen LogP contribution in [0.25, 0.3) is 17.2 Å². The van der Waals surface area contributed by atoms with Crippen molar-refractivity contribution in [2.75, 3.05) is 0 Å². The van der Waals surface area contributed by atoms with Crippen molar-refractivity contribution in [2.24, 2.45) is 0 Å². The predicted molar refractivity (Wildman–Crippen MR) is 69.5 cm³/mol. The van der Waals surface area contributed by atoms with Gasteiger partial charge in [0.2, 0.25) is 0 Å². The van der Waals surface area contributed by atoms with Crippen LogP contribution in [0.2, 0.25) is 0 Å². The lowest BCUT2D eigenvalue weighted by molar-refractivity contribution is 0.862. The molecule has 18 heavy (non-hydrogen) atoms. The van der Waals surface area contributed by atoms with E-state index in [-0.39, 0.29) is 0 Å². The molecule has 5 nitrogen and oxygen atoms in total. The van der Waals surface area contributed by atoms with Gasteiger partial charge in [0.15, 0.2) is 5.82 Å². The molecule has 0 saturated heterocycles. The van der Waals surface area contributed by atoms with Crippen molar-refractivity contribution in [3.05, 3.63) is 42.6 Å². The molecule has 0 unspecified atom stereocenters. The van der Waals surface area contributed by atoms with Gasteiger partial charge in [-0.3, -0.25) is 9.67 Å². The molecule has 92 valence electrons. The Kier molecular flexibility index (Phi) is 2.72. The SMILES string of the molecule is CCCc1cc(-n2ccnc2-c2cc[nH]c2)n[nH]1. The Hall–Kier alpha value is -2.30. The molecule has 0 saturated carbocycles. The van der Waals surface area contributed by atoms with E-state index < -0.39 is 0 Å². The van der Waals surface area contributed by atoms with Crippen molar-refractivity contribution in [1.29, 1.82) is 0 Å². The predicted octanol–water partition coefficient (Wildman–Crippen LogP) is 2.54. The van der Waals surface area contributed by atoms with E-state index in [1.165, 1.54) is 0 Å². The van der Waals surface area contributed by atoms with Gasteiger partial charge < -0.3 is 4.98 Å². The molecule has 0 bridgehead atoms. The molecule has 0 aliphatic carbocycles. The van der Waals surface area contributed by atoms with E-state index in [1.807, 2.05) is 29.2 Å². The van der Waals surface area contributed by atoms with Crippen LogP contribution >= 0.6 is 0 Å². The topological polar surface area (TPSA) is 62.3 Å². The Balaban J connectivity index is 1.99. The number of aromatic amines is 2. The molecule has 0 amide bonds. The summed E-state index contributed by atoms with van der Waals surface area (Å²) in [6, 6.07) is 4.07. The normalized spacial score (nSPS) is 10.9. The smallest absolute Gasteiger partial charge is 0.160 e. The second-order valence-corrected chi connectivity index (χ2v) is 4.22. The Morgan fingerprint density at radius 1 is 1.39 bits per heavy atom. The molecule has 0 aliphatic heterocycles. The Bertz CT molecular complexity index is 617. The first-order chi connectivity index (χ1) is 8.88. The van der Waals surface area contributed by atoms with E-state index in [2.05, 4.69) is 33.2 Å². The third kappa shape index (κ3) is 1.84. The summed E-state index contributed by atoms with van der Waals surface area (Å²) in [6.07, 6.45) is 9.65. The van der Waals surface area contributed by atoms with Crippen LogP contribution in [0, 0.1) is 0 Å². The molecule has 3 aromatic rings. The molecular formula is C13H15N5. The molecule has 0 aromatic carbocycles. The van der Waals surface area contributed by atoms with Crippen molar-refractivity contribution < 1.29 is 0 Å². The maximum Gasteiger partial charge on any atom is 0.160 e. The Labute approximate surface area is 105 Å². The van der Waals surface area contributed by atoms with Crippen LogP contribution in [0.4, 0.5) is 0 Å². The zero-order valence-corrected chi connectivity index (χ0v) is 10.2. The molecule has 3 aromatic heterocycles. The third-order valence-corrected chi connectivity index (χ3v) is 2.88. The zero-order valence-electron chi connectivity index (χ0n) is 10.2. The van der Waals surface area contributed by atoms with Crippen molar-refractivity contribution in [1.82, 2.24) is 24.7 Å². The maximum absolute atomic E-state index is 4.38. The number of hydrogen-bond acceptors (Lipinski definition) is 2. The van der Waals surface area contributed by atoms with Gasteiger partial charge in [-0.05, 0) is 12.5 Å². The Morgan fingerprint density at radius 2 is 2.33 bits per heavy atom.